The normalized spacial score (nSPS) is 17.0. The van der Waals surface area contributed by atoms with Crippen molar-refractivity contribution in [2.75, 3.05) is 37.0 Å². The van der Waals surface area contributed by atoms with Crippen LogP contribution in [0.1, 0.15) is 35.6 Å². The van der Waals surface area contributed by atoms with E-state index in [1.165, 1.54) is 11.3 Å². The van der Waals surface area contributed by atoms with Crippen LogP contribution in [-0.4, -0.2) is 43.0 Å². The maximum absolute atomic E-state index is 12.7. The second-order valence-corrected chi connectivity index (χ2v) is 10.2. The topological polar surface area (TPSA) is 58.6 Å². The number of fused-ring (bicyclic) bond motifs is 2. The Morgan fingerprint density at radius 2 is 1.94 bits per heavy atom. The molecule has 1 aliphatic heterocycles. The quantitative estimate of drug-likeness (QED) is 0.581. The summed E-state index contributed by atoms with van der Waals surface area (Å²) in [6, 6.07) is 10.3. The molecule has 3 heterocycles. The first-order valence-electron chi connectivity index (χ1n) is 10.5. The highest BCUT2D eigenvalue weighted by molar-refractivity contribution is 7.17. The van der Waals surface area contributed by atoms with Crippen molar-refractivity contribution in [1.82, 2.24) is 9.97 Å². The molecule has 7 heteroatoms. The van der Waals surface area contributed by atoms with E-state index in [2.05, 4.69) is 41.9 Å². The average molecular weight is 435 g/mol. The fourth-order valence-corrected chi connectivity index (χ4v) is 5.30. The number of benzene rings is 1. The second-order valence-electron chi connectivity index (χ2n) is 9.20. The summed E-state index contributed by atoms with van der Waals surface area (Å²) in [4.78, 5) is 27.1. The number of anilines is 3. The number of hydrogen-bond acceptors (Lipinski definition) is 7. The van der Waals surface area contributed by atoms with Gasteiger partial charge in [0, 0.05) is 32.3 Å². The largest absolute Gasteiger partial charge is 0.490 e. The van der Waals surface area contributed by atoms with Crippen LogP contribution in [0.5, 0.6) is 5.75 Å². The fraction of sp³-hybridized carbons (Fsp3) is 0.375. The monoisotopic (exact) mass is 434 g/mol. The van der Waals surface area contributed by atoms with Gasteiger partial charge in [0.1, 0.15) is 18.2 Å². The molecular formula is C24H26N4O2S. The van der Waals surface area contributed by atoms with Crippen LogP contribution in [0.25, 0.3) is 11.1 Å². The summed E-state index contributed by atoms with van der Waals surface area (Å²) in [5, 5.41) is 0.874. The van der Waals surface area contributed by atoms with Gasteiger partial charge in [-0.05, 0) is 41.7 Å². The van der Waals surface area contributed by atoms with E-state index in [0.29, 0.717) is 19.6 Å². The van der Waals surface area contributed by atoms with Gasteiger partial charge in [-0.2, -0.15) is 0 Å². The first-order chi connectivity index (χ1) is 14.8. The molecule has 0 atom stereocenters. The number of thiazole rings is 1. The predicted octanol–water partition coefficient (Wildman–Crippen LogP) is 4.96. The van der Waals surface area contributed by atoms with Crippen molar-refractivity contribution in [3.05, 3.63) is 47.1 Å². The Hall–Kier alpha value is -2.93. The number of ether oxygens (including phenoxy) is 1. The van der Waals surface area contributed by atoms with Crippen LogP contribution in [0.4, 0.5) is 16.6 Å². The molecule has 160 valence electrons. The molecule has 0 unspecified atom stereocenters. The van der Waals surface area contributed by atoms with Gasteiger partial charge in [-0.1, -0.05) is 31.3 Å². The fourth-order valence-electron chi connectivity index (χ4n) is 4.24. The van der Waals surface area contributed by atoms with Crippen LogP contribution in [0.3, 0.4) is 0 Å². The smallest absolute Gasteiger partial charge is 0.190 e. The lowest BCUT2D eigenvalue weighted by Gasteiger charge is -2.29. The van der Waals surface area contributed by atoms with E-state index in [1.807, 2.05) is 37.3 Å². The zero-order valence-electron chi connectivity index (χ0n) is 18.3. The highest BCUT2D eigenvalue weighted by atomic mass is 32.1. The van der Waals surface area contributed by atoms with Gasteiger partial charge in [-0.15, -0.1) is 0 Å². The van der Waals surface area contributed by atoms with Crippen LogP contribution in [0, 0.1) is 5.41 Å². The molecule has 0 amide bonds. The lowest BCUT2D eigenvalue weighted by Crippen LogP contribution is -2.28. The second kappa shape index (κ2) is 7.34. The van der Waals surface area contributed by atoms with E-state index in [4.69, 9.17) is 9.72 Å². The molecule has 0 spiro atoms. The van der Waals surface area contributed by atoms with E-state index in [9.17, 15) is 4.79 Å². The molecule has 0 fully saturated rings. The Kier molecular flexibility index (Phi) is 4.73. The maximum atomic E-state index is 12.7. The highest BCUT2D eigenvalue weighted by Gasteiger charge is 2.35. The summed E-state index contributed by atoms with van der Waals surface area (Å²) in [6.07, 6.45) is 3.32. The number of pyridine rings is 1. The van der Waals surface area contributed by atoms with E-state index in [0.717, 1.165) is 50.5 Å². The summed E-state index contributed by atoms with van der Waals surface area (Å²) in [7, 11) is 3.96. The van der Waals surface area contributed by atoms with Crippen molar-refractivity contribution in [3.63, 3.8) is 0 Å². The van der Waals surface area contributed by atoms with Gasteiger partial charge in [-0.25, -0.2) is 9.97 Å². The van der Waals surface area contributed by atoms with Crippen molar-refractivity contribution in [2.45, 2.75) is 26.7 Å². The molecule has 3 aromatic rings. The SMILES string of the molecule is CN(C)c1ccc(-c2ccc3c(c2)N(c2nc4c(s2)C(=O)CC(C)(C)C4)CCO3)cn1. The summed E-state index contributed by atoms with van der Waals surface area (Å²) in [5.41, 5.74) is 4.02. The van der Waals surface area contributed by atoms with Crippen molar-refractivity contribution >= 4 is 33.8 Å². The summed E-state index contributed by atoms with van der Waals surface area (Å²) in [5.74, 6) is 1.98. The molecule has 0 bridgehead atoms. The Morgan fingerprint density at radius 3 is 2.68 bits per heavy atom. The minimum atomic E-state index is -0.0305. The molecule has 31 heavy (non-hydrogen) atoms. The number of carbonyl (C=O) groups is 1. The van der Waals surface area contributed by atoms with E-state index in [-0.39, 0.29) is 11.2 Å². The van der Waals surface area contributed by atoms with Crippen LogP contribution in [0.2, 0.25) is 0 Å². The summed E-state index contributed by atoms with van der Waals surface area (Å²) >= 11 is 1.51. The molecule has 1 aliphatic carbocycles. The van der Waals surface area contributed by atoms with Crippen molar-refractivity contribution in [1.29, 1.82) is 0 Å². The predicted molar refractivity (Wildman–Crippen MR) is 125 cm³/mol. The number of rotatable bonds is 3. The number of aromatic nitrogens is 2. The van der Waals surface area contributed by atoms with Gasteiger partial charge in [0.15, 0.2) is 10.9 Å². The molecular weight excluding hydrogens is 408 g/mol. The van der Waals surface area contributed by atoms with E-state index >= 15 is 0 Å². The van der Waals surface area contributed by atoms with Gasteiger partial charge < -0.3 is 14.5 Å². The molecule has 2 aromatic heterocycles. The minimum Gasteiger partial charge on any atom is -0.490 e. The number of hydrogen-bond donors (Lipinski definition) is 0. The van der Waals surface area contributed by atoms with Gasteiger partial charge in [-0.3, -0.25) is 4.79 Å². The zero-order valence-corrected chi connectivity index (χ0v) is 19.1. The highest BCUT2D eigenvalue weighted by Crippen LogP contribution is 2.44. The van der Waals surface area contributed by atoms with Crippen LogP contribution in [0.15, 0.2) is 36.5 Å². The minimum absolute atomic E-state index is 0.0305. The molecule has 0 N–H and O–H groups in total. The van der Waals surface area contributed by atoms with Crippen molar-refractivity contribution in [2.24, 2.45) is 5.41 Å². The van der Waals surface area contributed by atoms with Crippen LogP contribution >= 0.6 is 11.3 Å². The number of nitrogens with zero attached hydrogens (tertiary/aromatic N) is 4. The Labute approximate surface area is 186 Å². The Bertz CT molecular complexity index is 1150. The number of Topliss-reactive ketones (excluding diaryl/α,β-unsaturated/α-hetero) is 1. The number of carbonyl (C=O) groups excluding carboxylic acids is 1. The standard InChI is InChI=1S/C24H26N4O2S/c1-24(2)12-17-22(19(29)13-24)31-23(26-17)28-9-10-30-20-7-5-15(11-18(20)28)16-6-8-21(25-14-16)27(3)4/h5-8,11,14H,9-10,12-13H2,1-4H3. The lowest BCUT2D eigenvalue weighted by molar-refractivity contribution is 0.0916. The lowest BCUT2D eigenvalue weighted by atomic mass is 9.78. The van der Waals surface area contributed by atoms with Gasteiger partial charge in [0.05, 0.1) is 22.8 Å². The first kappa shape index (κ1) is 20.0. The first-order valence-corrected chi connectivity index (χ1v) is 11.3. The van der Waals surface area contributed by atoms with Gasteiger partial charge in [0.25, 0.3) is 0 Å². The third kappa shape index (κ3) is 3.67. The van der Waals surface area contributed by atoms with Crippen molar-refractivity contribution < 1.29 is 9.53 Å². The summed E-state index contributed by atoms with van der Waals surface area (Å²) < 4.78 is 5.92. The zero-order chi connectivity index (χ0) is 21.8. The molecule has 5 rings (SSSR count). The summed E-state index contributed by atoms with van der Waals surface area (Å²) in [6.45, 7) is 5.57. The Morgan fingerprint density at radius 1 is 1.13 bits per heavy atom. The Balaban J connectivity index is 1.52. The van der Waals surface area contributed by atoms with Crippen LogP contribution < -0.4 is 14.5 Å². The molecule has 0 saturated carbocycles. The van der Waals surface area contributed by atoms with Gasteiger partial charge in [0.2, 0.25) is 0 Å². The number of ketones is 1. The molecule has 0 radical (unpaired) electrons. The third-order valence-corrected chi connectivity index (χ3v) is 6.98. The van der Waals surface area contributed by atoms with Gasteiger partial charge >= 0.3 is 0 Å². The van der Waals surface area contributed by atoms with E-state index < -0.39 is 0 Å². The molecule has 6 nitrogen and oxygen atoms in total. The van der Waals surface area contributed by atoms with Crippen molar-refractivity contribution in [3.8, 4) is 16.9 Å². The molecule has 2 aliphatic rings. The van der Waals surface area contributed by atoms with E-state index in [1.54, 1.807) is 0 Å². The third-order valence-electron chi connectivity index (χ3n) is 5.82. The maximum Gasteiger partial charge on any atom is 0.190 e. The molecule has 0 saturated heterocycles. The average Bonchev–Trinajstić information content (AvgIpc) is 3.16. The molecule has 1 aromatic carbocycles. The van der Waals surface area contributed by atoms with Crippen LogP contribution in [-0.2, 0) is 6.42 Å².